The topological polar surface area (TPSA) is 25.8 Å². The molecule has 0 aromatic carbocycles. The highest BCUT2D eigenvalue weighted by Crippen LogP contribution is 2.22. The summed E-state index contributed by atoms with van der Waals surface area (Å²) in [6.45, 7) is 1.99. The van der Waals surface area contributed by atoms with Crippen LogP contribution in [0.15, 0.2) is 23.6 Å². The molecule has 0 unspecified atom stereocenters. The number of alkyl halides is 1. The summed E-state index contributed by atoms with van der Waals surface area (Å²) in [6, 6.07) is 6.00. The molecule has 0 amide bonds. The zero-order valence-corrected chi connectivity index (χ0v) is 10.7. The van der Waals surface area contributed by atoms with Gasteiger partial charge in [0, 0.05) is 17.0 Å². The summed E-state index contributed by atoms with van der Waals surface area (Å²) in [7, 11) is 0. The molecule has 0 fully saturated rings. The average molecular weight is 253 g/mol. The molecule has 0 spiro atoms. The zero-order valence-electron chi connectivity index (χ0n) is 9.11. The largest absolute Gasteiger partial charge is 0.251 e. The number of pyridine rings is 1. The number of halogens is 1. The van der Waals surface area contributed by atoms with E-state index in [0.717, 1.165) is 34.9 Å². The predicted octanol–water partition coefficient (Wildman–Crippen LogP) is 3.68. The Morgan fingerprint density at radius 3 is 2.94 bits per heavy atom. The molecule has 4 heteroatoms. The van der Waals surface area contributed by atoms with E-state index in [-0.39, 0.29) is 0 Å². The number of rotatable bonds is 4. The van der Waals surface area contributed by atoms with Gasteiger partial charge in [-0.15, -0.1) is 22.9 Å². The van der Waals surface area contributed by atoms with Crippen LogP contribution in [0.1, 0.15) is 17.8 Å². The second-order valence-electron chi connectivity index (χ2n) is 3.60. The fourth-order valence-electron chi connectivity index (χ4n) is 1.45. The lowest BCUT2D eigenvalue weighted by Gasteiger charge is -1.96. The molecule has 0 aliphatic rings. The summed E-state index contributed by atoms with van der Waals surface area (Å²) in [5, 5.41) is 3.08. The van der Waals surface area contributed by atoms with Crippen molar-refractivity contribution < 1.29 is 0 Å². The molecule has 0 aliphatic carbocycles. The summed E-state index contributed by atoms with van der Waals surface area (Å²) in [5.74, 6) is 0.690. The molecule has 2 nitrogen and oxygen atoms in total. The van der Waals surface area contributed by atoms with Crippen molar-refractivity contribution in [1.82, 2.24) is 9.97 Å². The number of thiazole rings is 1. The van der Waals surface area contributed by atoms with Gasteiger partial charge in [-0.3, -0.25) is 4.98 Å². The van der Waals surface area contributed by atoms with Crippen molar-refractivity contribution in [2.75, 3.05) is 5.88 Å². The van der Waals surface area contributed by atoms with Crippen molar-refractivity contribution >= 4 is 22.9 Å². The van der Waals surface area contributed by atoms with Crippen LogP contribution >= 0.6 is 22.9 Å². The fraction of sp³-hybridized carbons (Fsp3) is 0.333. The van der Waals surface area contributed by atoms with Crippen molar-refractivity contribution in [1.29, 1.82) is 0 Å². The molecule has 2 heterocycles. The maximum absolute atomic E-state index is 5.66. The second-order valence-corrected chi connectivity index (χ2v) is 4.84. The molecule has 16 heavy (non-hydrogen) atoms. The first-order valence-corrected chi connectivity index (χ1v) is 6.65. The maximum atomic E-state index is 5.66. The monoisotopic (exact) mass is 252 g/mol. The highest BCUT2D eigenvalue weighted by Gasteiger charge is 2.05. The van der Waals surface area contributed by atoms with Gasteiger partial charge in [0.25, 0.3) is 0 Å². The normalized spacial score (nSPS) is 10.6. The number of aromatic nitrogens is 2. The van der Waals surface area contributed by atoms with Gasteiger partial charge in [0.1, 0.15) is 5.01 Å². The van der Waals surface area contributed by atoms with Crippen LogP contribution in [0.5, 0.6) is 0 Å². The van der Waals surface area contributed by atoms with Gasteiger partial charge in [-0.2, -0.15) is 0 Å². The van der Waals surface area contributed by atoms with Crippen molar-refractivity contribution in [2.24, 2.45) is 0 Å². The van der Waals surface area contributed by atoms with Gasteiger partial charge in [0.2, 0.25) is 0 Å². The fourth-order valence-corrected chi connectivity index (χ4v) is 2.41. The first-order chi connectivity index (χ1) is 7.79. The van der Waals surface area contributed by atoms with E-state index in [9.17, 15) is 0 Å². The van der Waals surface area contributed by atoms with Crippen LogP contribution in [0, 0.1) is 6.92 Å². The Labute approximate surface area is 104 Å². The highest BCUT2D eigenvalue weighted by molar-refractivity contribution is 7.13. The number of hydrogen-bond acceptors (Lipinski definition) is 3. The summed E-state index contributed by atoms with van der Waals surface area (Å²) < 4.78 is 0. The van der Waals surface area contributed by atoms with E-state index in [2.05, 4.69) is 15.3 Å². The van der Waals surface area contributed by atoms with Crippen LogP contribution < -0.4 is 0 Å². The smallest absolute Gasteiger partial charge is 0.142 e. The Hall–Kier alpha value is -0.930. The van der Waals surface area contributed by atoms with Crippen LogP contribution in [0.4, 0.5) is 0 Å². The first kappa shape index (κ1) is 11.6. The van der Waals surface area contributed by atoms with Gasteiger partial charge >= 0.3 is 0 Å². The molecule has 0 aliphatic heterocycles. The maximum Gasteiger partial charge on any atom is 0.142 e. The molecule has 0 N–H and O–H groups in total. The van der Waals surface area contributed by atoms with Gasteiger partial charge in [0.05, 0.1) is 11.4 Å². The minimum atomic E-state index is 0.690. The Morgan fingerprint density at radius 2 is 2.19 bits per heavy atom. The summed E-state index contributed by atoms with van der Waals surface area (Å²) in [5.41, 5.74) is 3.10. The first-order valence-electron chi connectivity index (χ1n) is 5.24. The zero-order chi connectivity index (χ0) is 11.4. The molecule has 2 aromatic rings. The van der Waals surface area contributed by atoms with E-state index in [1.54, 1.807) is 11.3 Å². The molecular weight excluding hydrogens is 240 g/mol. The molecule has 84 valence electrons. The van der Waals surface area contributed by atoms with Crippen LogP contribution in [-0.4, -0.2) is 15.8 Å². The summed E-state index contributed by atoms with van der Waals surface area (Å²) in [6.07, 6.45) is 1.93. The minimum absolute atomic E-state index is 0.690. The lowest BCUT2D eigenvalue weighted by molar-refractivity contribution is 0.899. The highest BCUT2D eigenvalue weighted by atomic mass is 35.5. The molecule has 0 radical (unpaired) electrons. The molecule has 0 saturated heterocycles. The van der Waals surface area contributed by atoms with E-state index in [0.29, 0.717) is 5.88 Å². The third kappa shape index (κ3) is 2.80. The predicted molar refractivity (Wildman–Crippen MR) is 69.1 cm³/mol. The number of nitrogens with zero attached hydrogens (tertiary/aromatic N) is 2. The van der Waals surface area contributed by atoms with E-state index < -0.39 is 0 Å². The van der Waals surface area contributed by atoms with Crippen molar-refractivity contribution in [3.05, 3.63) is 35.0 Å². The molecule has 2 rings (SSSR count). The van der Waals surface area contributed by atoms with Crippen LogP contribution in [0.3, 0.4) is 0 Å². The quantitative estimate of drug-likeness (QED) is 0.776. The SMILES string of the molecule is Cc1cccc(-c2nc(CCCCl)cs2)n1. The standard InChI is InChI=1S/C12H13ClN2S/c1-9-4-2-6-11(14-9)12-15-10(8-16-12)5-3-7-13/h2,4,6,8H,3,5,7H2,1H3. The summed E-state index contributed by atoms with van der Waals surface area (Å²) in [4.78, 5) is 9.02. The molecule has 0 saturated carbocycles. The Kier molecular flexibility index (Phi) is 3.91. The van der Waals surface area contributed by atoms with Crippen LogP contribution in [0.2, 0.25) is 0 Å². The van der Waals surface area contributed by atoms with Crippen molar-refractivity contribution in [3.63, 3.8) is 0 Å². The molecular formula is C12H13ClN2S. The van der Waals surface area contributed by atoms with Gasteiger partial charge in [-0.25, -0.2) is 4.98 Å². The van der Waals surface area contributed by atoms with E-state index in [1.165, 1.54) is 0 Å². The van der Waals surface area contributed by atoms with Gasteiger partial charge < -0.3 is 0 Å². The van der Waals surface area contributed by atoms with Crippen molar-refractivity contribution in [3.8, 4) is 10.7 Å². The lowest BCUT2D eigenvalue weighted by atomic mass is 10.3. The van der Waals surface area contributed by atoms with Crippen LogP contribution in [0.25, 0.3) is 10.7 Å². The lowest BCUT2D eigenvalue weighted by Crippen LogP contribution is -1.88. The van der Waals surface area contributed by atoms with E-state index in [1.807, 2.05) is 25.1 Å². The van der Waals surface area contributed by atoms with Crippen LogP contribution in [-0.2, 0) is 6.42 Å². The summed E-state index contributed by atoms with van der Waals surface area (Å²) >= 11 is 7.30. The van der Waals surface area contributed by atoms with E-state index in [4.69, 9.17) is 11.6 Å². The minimum Gasteiger partial charge on any atom is -0.251 e. The molecule has 0 bridgehead atoms. The Bertz CT molecular complexity index is 468. The number of aryl methyl sites for hydroxylation is 2. The van der Waals surface area contributed by atoms with Crippen molar-refractivity contribution in [2.45, 2.75) is 19.8 Å². The average Bonchev–Trinajstić information content (AvgIpc) is 2.75. The Morgan fingerprint density at radius 1 is 1.31 bits per heavy atom. The third-order valence-electron chi connectivity index (χ3n) is 2.23. The van der Waals surface area contributed by atoms with Gasteiger partial charge in [-0.1, -0.05) is 6.07 Å². The van der Waals surface area contributed by atoms with Gasteiger partial charge in [-0.05, 0) is 31.9 Å². The van der Waals surface area contributed by atoms with Gasteiger partial charge in [0.15, 0.2) is 0 Å². The molecule has 2 aromatic heterocycles. The Balaban J connectivity index is 2.18. The number of hydrogen-bond donors (Lipinski definition) is 0. The van der Waals surface area contributed by atoms with E-state index >= 15 is 0 Å². The molecule has 0 atom stereocenters. The third-order valence-corrected chi connectivity index (χ3v) is 3.41. The second kappa shape index (κ2) is 5.41.